The van der Waals surface area contributed by atoms with E-state index in [9.17, 15) is 19.2 Å². The minimum absolute atomic E-state index is 0.0483. The molecule has 3 aromatic rings. The van der Waals surface area contributed by atoms with Gasteiger partial charge in [0.15, 0.2) is 11.2 Å². The number of hydrogen-bond donors (Lipinski definition) is 0. The van der Waals surface area contributed by atoms with Gasteiger partial charge in [-0.1, -0.05) is 30.3 Å². The SMILES string of the molecule is Cn1c(=O)c2c(nc3n2C(=O)C(=O)N3Cc2ccccc2)n(C)c1=O. The third kappa shape index (κ3) is 1.92. The molecule has 0 bridgehead atoms. The molecular formula is C16H13N5O4. The minimum Gasteiger partial charge on any atom is -0.279 e. The summed E-state index contributed by atoms with van der Waals surface area (Å²) in [5, 5.41) is 0. The van der Waals surface area contributed by atoms with Crippen LogP contribution in [0, 0.1) is 0 Å². The lowest BCUT2D eigenvalue weighted by molar-refractivity contribution is -0.114. The third-order valence-corrected chi connectivity index (χ3v) is 4.30. The molecule has 25 heavy (non-hydrogen) atoms. The standard InChI is InChI=1S/C16H13N5O4/c1-18-11-10(12(22)19(2)16(18)25)21-14(24)13(23)20(15(21)17-11)8-9-6-4-3-5-7-9/h3-7H,8H2,1-2H3. The summed E-state index contributed by atoms with van der Waals surface area (Å²) in [6.45, 7) is 0.142. The Balaban J connectivity index is 1.99. The lowest BCUT2D eigenvalue weighted by Crippen LogP contribution is -2.38. The van der Waals surface area contributed by atoms with Gasteiger partial charge in [-0.15, -0.1) is 0 Å². The summed E-state index contributed by atoms with van der Waals surface area (Å²) in [5.41, 5.74) is -0.413. The molecule has 0 N–H and O–H groups in total. The van der Waals surface area contributed by atoms with Crippen molar-refractivity contribution in [2.24, 2.45) is 14.1 Å². The summed E-state index contributed by atoms with van der Waals surface area (Å²) in [5.74, 6) is -1.57. The molecule has 9 heteroatoms. The highest BCUT2D eigenvalue weighted by molar-refractivity contribution is 6.45. The molecular weight excluding hydrogens is 326 g/mol. The fourth-order valence-corrected chi connectivity index (χ4v) is 2.97. The van der Waals surface area contributed by atoms with E-state index >= 15 is 0 Å². The van der Waals surface area contributed by atoms with E-state index in [1.807, 2.05) is 30.3 Å². The Morgan fingerprint density at radius 2 is 1.60 bits per heavy atom. The van der Waals surface area contributed by atoms with E-state index in [1.165, 1.54) is 23.6 Å². The number of aromatic nitrogens is 4. The number of benzene rings is 1. The molecule has 9 nitrogen and oxygen atoms in total. The maximum Gasteiger partial charge on any atom is 0.332 e. The van der Waals surface area contributed by atoms with Gasteiger partial charge >= 0.3 is 17.5 Å². The van der Waals surface area contributed by atoms with Crippen molar-refractivity contribution in [3.8, 4) is 0 Å². The van der Waals surface area contributed by atoms with Crippen LogP contribution in [0.3, 0.4) is 0 Å². The van der Waals surface area contributed by atoms with E-state index < -0.39 is 23.1 Å². The van der Waals surface area contributed by atoms with Crippen molar-refractivity contribution < 1.29 is 9.59 Å². The number of carbonyl (C=O) groups is 2. The van der Waals surface area contributed by atoms with E-state index in [1.54, 1.807) is 0 Å². The molecule has 0 radical (unpaired) electrons. The average Bonchev–Trinajstić information content (AvgIpc) is 3.11. The van der Waals surface area contributed by atoms with Crippen molar-refractivity contribution in [3.63, 3.8) is 0 Å². The molecule has 1 amide bonds. The molecule has 0 fully saturated rings. The van der Waals surface area contributed by atoms with Gasteiger partial charge in [-0.3, -0.25) is 28.4 Å². The minimum atomic E-state index is -0.857. The second kappa shape index (κ2) is 5.00. The Bertz CT molecular complexity index is 1170. The third-order valence-electron chi connectivity index (χ3n) is 4.30. The summed E-state index contributed by atoms with van der Waals surface area (Å²) in [6.07, 6.45) is 0. The van der Waals surface area contributed by atoms with Gasteiger partial charge in [0.1, 0.15) is 0 Å². The highest BCUT2D eigenvalue weighted by Crippen LogP contribution is 2.27. The number of rotatable bonds is 2. The molecule has 0 atom stereocenters. The maximum atomic E-state index is 12.4. The summed E-state index contributed by atoms with van der Waals surface area (Å²) >= 11 is 0. The van der Waals surface area contributed by atoms with Crippen molar-refractivity contribution >= 4 is 28.9 Å². The van der Waals surface area contributed by atoms with Crippen molar-refractivity contribution in [2.45, 2.75) is 6.54 Å². The average molecular weight is 339 g/mol. The van der Waals surface area contributed by atoms with Gasteiger partial charge in [0.25, 0.3) is 5.56 Å². The first kappa shape index (κ1) is 15.1. The first-order valence-corrected chi connectivity index (χ1v) is 7.50. The topological polar surface area (TPSA) is 99.2 Å². The molecule has 0 spiro atoms. The fraction of sp³-hybridized carbons (Fsp3) is 0.188. The predicted molar refractivity (Wildman–Crippen MR) is 88.5 cm³/mol. The van der Waals surface area contributed by atoms with E-state index in [4.69, 9.17) is 0 Å². The fourth-order valence-electron chi connectivity index (χ4n) is 2.97. The number of aryl methyl sites for hydroxylation is 1. The Morgan fingerprint density at radius 1 is 0.920 bits per heavy atom. The van der Waals surface area contributed by atoms with Crippen LogP contribution in [-0.4, -0.2) is 30.5 Å². The molecule has 0 aliphatic carbocycles. The smallest absolute Gasteiger partial charge is 0.279 e. The summed E-state index contributed by atoms with van der Waals surface area (Å²) < 4.78 is 3.05. The first-order chi connectivity index (χ1) is 11.9. The zero-order valence-corrected chi connectivity index (χ0v) is 13.5. The molecule has 0 saturated carbocycles. The van der Waals surface area contributed by atoms with Gasteiger partial charge in [-0.05, 0) is 5.56 Å². The van der Waals surface area contributed by atoms with Gasteiger partial charge in [0.05, 0.1) is 6.54 Å². The zero-order chi connectivity index (χ0) is 17.9. The molecule has 3 heterocycles. The van der Waals surface area contributed by atoms with E-state index in [2.05, 4.69) is 4.98 Å². The molecule has 126 valence electrons. The van der Waals surface area contributed by atoms with Crippen LogP contribution in [0.4, 0.5) is 5.95 Å². The normalized spacial score (nSPS) is 13.8. The van der Waals surface area contributed by atoms with Gasteiger partial charge in [-0.25, -0.2) is 9.36 Å². The lowest BCUT2D eigenvalue weighted by Gasteiger charge is -2.12. The van der Waals surface area contributed by atoms with E-state index in [0.29, 0.717) is 0 Å². The van der Waals surface area contributed by atoms with Crippen LogP contribution in [0.25, 0.3) is 11.2 Å². The summed E-state index contributed by atoms with van der Waals surface area (Å²) in [7, 11) is 2.77. The van der Waals surface area contributed by atoms with Crippen LogP contribution in [0.5, 0.6) is 0 Å². The quantitative estimate of drug-likeness (QED) is 0.593. The molecule has 2 aromatic heterocycles. The second-order valence-corrected chi connectivity index (χ2v) is 5.81. The van der Waals surface area contributed by atoms with Crippen LogP contribution in [0.1, 0.15) is 10.4 Å². The molecule has 1 aliphatic rings. The van der Waals surface area contributed by atoms with Gasteiger partial charge in [0.2, 0.25) is 5.95 Å². The summed E-state index contributed by atoms with van der Waals surface area (Å²) in [6, 6.07) is 9.12. The first-order valence-electron chi connectivity index (χ1n) is 7.50. The van der Waals surface area contributed by atoms with Gasteiger partial charge in [-0.2, -0.15) is 4.98 Å². The number of amides is 1. The molecule has 0 unspecified atom stereocenters. The maximum absolute atomic E-state index is 12.4. The number of imidazole rings is 1. The predicted octanol–water partition coefficient (Wildman–Crippen LogP) is -0.379. The Kier molecular flexibility index (Phi) is 3.01. The number of anilines is 1. The zero-order valence-electron chi connectivity index (χ0n) is 13.5. The van der Waals surface area contributed by atoms with Gasteiger partial charge < -0.3 is 0 Å². The molecule has 4 rings (SSSR count). The van der Waals surface area contributed by atoms with E-state index in [-0.39, 0.29) is 23.7 Å². The molecule has 1 aliphatic heterocycles. The Labute approximate surface area is 140 Å². The van der Waals surface area contributed by atoms with E-state index in [0.717, 1.165) is 14.7 Å². The van der Waals surface area contributed by atoms with Crippen LogP contribution < -0.4 is 16.1 Å². The second-order valence-electron chi connectivity index (χ2n) is 5.81. The van der Waals surface area contributed by atoms with Crippen LogP contribution >= 0.6 is 0 Å². The van der Waals surface area contributed by atoms with Crippen molar-refractivity contribution in [1.82, 2.24) is 18.7 Å². The van der Waals surface area contributed by atoms with Crippen LogP contribution in [-0.2, 0) is 25.4 Å². The van der Waals surface area contributed by atoms with Crippen molar-refractivity contribution in [1.29, 1.82) is 0 Å². The Morgan fingerprint density at radius 3 is 2.28 bits per heavy atom. The lowest BCUT2D eigenvalue weighted by atomic mass is 10.2. The number of hydrogen-bond acceptors (Lipinski definition) is 5. The number of carbonyl (C=O) groups excluding carboxylic acids is 2. The Hall–Kier alpha value is -3.49. The summed E-state index contributed by atoms with van der Waals surface area (Å²) in [4.78, 5) is 54.7. The highest BCUT2D eigenvalue weighted by atomic mass is 16.2. The largest absolute Gasteiger partial charge is 0.332 e. The number of fused-ring (bicyclic) bond motifs is 3. The monoisotopic (exact) mass is 339 g/mol. The van der Waals surface area contributed by atoms with Crippen molar-refractivity contribution in [3.05, 3.63) is 56.7 Å². The van der Waals surface area contributed by atoms with Crippen LogP contribution in [0.15, 0.2) is 39.9 Å². The van der Waals surface area contributed by atoms with Crippen molar-refractivity contribution in [2.75, 3.05) is 4.90 Å². The number of nitrogens with zero attached hydrogens (tertiary/aromatic N) is 5. The highest BCUT2D eigenvalue weighted by Gasteiger charge is 2.40. The molecule has 1 aromatic carbocycles. The molecule has 0 saturated heterocycles. The van der Waals surface area contributed by atoms with Crippen LogP contribution in [0.2, 0.25) is 0 Å². The van der Waals surface area contributed by atoms with Gasteiger partial charge in [0, 0.05) is 14.1 Å².